The molecule has 1 fully saturated rings. The normalized spacial score (nSPS) is 13.0. The van der Waals surface area contributed by atoms with Gasteiger partial charge in [0, 0.05) is 34.4 Å². The fourth-order valence-corrected chi connectivity index (χ4v) is 3.50. The molecule has 3 N–H and O–H groups in total. The molecule has 0 heterocycles. The SMILES string of the molecule is O=C(O)CCSCc1cccc(NC(=O)c2cccc(NC(=O)C3CC3)c2)c1. The molecule has 1 saturated carbocycles. The van der Waals surface area contributed by atoms with Gasteiger partial charge in [0.2, 0.25) is 5.91 Å². The number of carboxylic acids is 1. The van der Waals surface area contributed by atoms with Crippen LogP contribution in [0.25, 0.3) is 0 Å². The topological polar surface area (TPSA) is 95.5 Å². The van der Waals surface area contributed by atoms with E-state index in [1.54, 1.807) is 24.3 Å². The lowest BCUT2D eigenvalue weighted by molar-refractivity contribution is -0.136. The second-order valence-electron chi connectivity index (χ2n) is 6.70. The number of carboxylic acid groups (broad SMARTS) is 1. The Hall–Kier alpha value is -2.80. The predicted octanol–water partition coefficient (Wildman–Crippen LogP) is 4.00. The summed E-state index contributed by atoms with van der Waals surface area (Å²) in [6, 6.07) is 14.4. The van der Waals surface area contributed by atoms with Gasteiger partial charge >= 0.3 is 5.97 Å². The van der Waals surface area contributed by atoms with E-state index in [1.165, 1.54) is 11.8 Å². The summed E-state index contributed by atoms with van der Waals surface area (Å²) < 4.78 is 0. The van der Waals surface area contributed by atoms with Gasteiger partial charge in [0.15, 0.2) is 0 Å². The Morgan fingerprint density at radius 2 is 1.71 bits per heavy atom. The van der Waals surface area contributed by atoms with Gasteiger partial charge in [0.05, 0.1) is 6.42 Å². The number of rotatable bonds is 9. The van der Waals surface area contributed by atoms with Crippen LogP contribution in [0.3, 0.4) is 0 Å². The van der Waals surface area contributed by atoms with E-state index in [0.29, 0.717) is 28.4 Å². The van der Waals surface area contributed by atoms with Crippen molar-refractivity contribution in [2.24, 2.45) is 5.92 Å². The van der Waals surface area contributed by atoms with Gasteiger partial charge in [-0.15, -0.1) is 0 Å². The highest BCUT2D eigenvalue weighted by molar-refractivity contribution is 7.98. The van der Waals surface area contributed by atoms with E-state index in [1.807, 2.05) is 24.3 Å². The minimum absolute atomic E-state index is 0.00524. The summed E-state index contributed by atoms with van der Waals surface area (Å²) in [7, 11) is 0. The number of carbonyl (C=O) groups is 3. The van der Waals surface area contributed by atoms with Crippen molar-refractivity contribution in [2.45, 2.75) is 25.0 Å². The smallest absolute Gasteiger partial charge is 0.304 e. The van der Waals surface area contributed by atoms with Crippen LogP contribution >= 0.6 is 11.8 Å². The maximum absolute atomic E-state index is 12.6. The Kier molecular flexibility index (Phi) is 6.71. The van der Waals surface area contributed by atoms with Gasteiger partial charge in [-0.25, -0.2) is 0 Å². The van der Waals surface area contributed by atoms with Crippen LogP contribution in [0, 0.1) is 5.92 Å². The molecule has 0 aliphatic heterocycles. The van der Waals surface area contributed by atoms with Crippen LogP contribution < -0.4 is 10.6 Å². The van der Waals surface area contributed by atoms with Crippen molar-refractivity contribution >= 4 is 40.9 Å². The summed E-state index contributed by atoms with van der Waals surface area (Å²) in [4.78, 5) is 35.0. The number of benzene rings is 2. The summed E-state index contributed by atoms with van der Waals surface area (Å²) in [6.07, 6.45) is 1.99. The van der Waals surface area contributed by atoms with Gasteiger partial charge in [0.25, 0.3) is 5.91 Å². The number of nitrogens with one attached hydrogen (secondary N) is 2. The van der Waals surface area contributed by atoms with Gasteiger partial charge in [0.1, 0.15) is 0 Å². The minimum Gasteiger partial charge on any atom is -0.481 e. The fraction of sp³-hybridized carbons (Fsp3) is 0.286. The first-order valence-corrected chi connectivity index (χ1v) is 10.3. The molecule has 0 bridgehead atoms. The Morgan fingerprint density at radius 1 is 1.00 bits per heavy atom. The lowest BCUT2D eigenvalue weighted by atomic mass is 10.1. The van der Waals surface area contributed by atoms with Crippen LogP contribution in [-0.2, 0) is 15.3 Å². The highest BCUT2D eigenvalue weighted by Gasteiger charge is 2.29. The van der Waals surface area contributed by atoms with Crippen LogP contribution in [0.4, 0.5) is 11.4 Å². The fourth-order valence-electron chi connectivity index (χ4n) is 2.62. The van der Waals surface area contributed by atoms with Crippen molar-refractivity contribution in [3.05, 3.63) is 59.7 Å². The number of amides is 2. The van der Waals surface area contributed by atoms with Crippen molar-refractivity contribution in [3.63, 3.8) is 0 Å². The minimum atomic E-state index is -0.802. The quantitative estimate of drug-likeness (QED) is 0.555. The zero-order chi connectivity index (χ0) is 19.9. The molecule has 146 valence electrons. The molecule has 2 amide bonds. The van der Waals surface area contributed by atoms with Gasteiger partial charge in [-0.3, -0.25) is 14.4 Å². The van der Waals surface area contributed by atoms with Crippen LogP contribution in [0.15, 0.2) is 48.5 Å². The first kappa shape index (κ1) is 19.9. The van der Waals surface area contributed by atoms with E-state index >= 15 is 0 Å². The second kappa shape index (κ2) is 9.41. The molecule has 0 unspecified atom stereocenters. The van der Waals surface area contributed by atoms with Gasteiger partial charge in [-0.1, -0.05) is 18.2 Å². The molecule has 7 heteroatoms. The molecule has 1 aliphatic rings. The third-order valence-electron chi connectivity index (χ3n) is 4.25. The molecule has 28 heavy (non-hydrogen) atoms. The molecule has 6 nitrogen and oxygen atoms in total. The monoisotopic (exact) mass is 398 g/mol. The number of carbonyl (C=O) groups excluding carboxylic acids is 2. The van der Waals surface area contributed by atoms with Crippen LogP contribution in [0.5, 0.6) is 0 Å². The van der Waals surface area contributed by atoms with Crippen LogP contribution in [-0.4, -0.2) is 28.6 Å². The highest BCUT2D eigenvalue weighted by atomic mass is 32.2. The molecule has 2 aromatic carbocycles. The number of thioether (sulfide) groups is 1. The van der Waals surface area contributed by atoms with Crippen molar-refractivity contribution in [2.75, 3.05) is 16.4 Å². The average Bonchev–Trinajstić information content (AvgIpc) is 3.51. The van der Waals surface area contributed by atoms with E-state index in [9.17, 15) is 14.4 Å². The van der Waals surface area contributed by atoms with Crippen molar-refractivity contribution in [3.8, 4) is 0 Å². The molecule has 0 saturated heterocycles. The summed E-state index contributed by atoms with van der Waals surface area (Å²) >= 11 is 1.54. The van der Waals surface area contributed by atoms with Crippen LogP contribution in [0.2, 0.25) is 0 Å². The van der Waals surface area contributed by atoms with Crippen molar-refractivity contribution in [1.29, 1.82) is 0 Å². The summed E-state index contributed by atoms with van der Waals surface area (Å²) in [5.41, 5.74) is 2.77. The number of aliphatic carboxylic acids is 1. The van der Waals surface area contributed by atoms with Gasteiger partial charge in [-0.2, -0.15) is 11.8 Å². The van der Waals surface area contributed by atoms with E-state index in [2.05, 4.69) is 10.6 Å². The van der Waals surface area contributed by atoms with Gasteiger partial charge < -0.3 is 15.7 Å². The summed E-state index contributed by atoms with van der Waals surface area (Å²) in [5, 5.41) is 14.4. The number of anilines is 2. The zero-order valence-corrected chi connectivity index (χ0v) is 16.1. The Balaban J connectivity index is 1.57. The Bertz CT molecular complexity index is 880. The Morgan fingerprint density at radius 3 is 2.43 bits per heavy atom. The molecule has 0 aromatic heterocycles. The molecular formula is C21H22N2O4S. The van der Waals surface area contributed by atoms with Crippen LogP contribution in [0.1, 0.15) is 35.2 Å². The first-order chi connectivity index (χ1) is 13.5. The van der Waals surface area contributed by atoms with E-state index < -0.39 is 5.97 Å². The first-order valence-electron chi connectivity index (χ1n) is 9.12. The lowest BCUT2D eigenvalue weighted by Gasteiger charge is -2.09. The lowest BCUT2D eigenvalue weighted by Crippen LogP contribution is -2.15. The van der Waals surface area contributed by atoms with Crippen molar-refractivity contribution in [1.82, 2.24) is 0 Å². The van der Waals surface area contributed by atoms with E-state index in [0.717, 1.165) is 18.4 Å². The largest absolute Gasteiger partial charge is 0.481 e. The Labute approximate surface area is 167 Å². The standard InChI is InChI=1S/C21H22N2O4S/c24-19(25)9-10-28-13-14-3-1-5-17(11-14)22-21(27)16-4-2-6-18(12-16)23-20(26)15-7-8-15/h1-6,11-12,15H,7-10,13H2,(H,22,27)(H,23,26)(H,24,25). The number of hydrogen-bond donors (Lipinski definition) is 3. The molecule has 0 atom stereocenters. The number of hydrogen-bond acceptors (Lipinski definition) is 4. The van der Waals surface area contributed by atoms with Crippen molar-refractivity contribution < 1.29 is 19.5 Å². The predicted molar refractivity (Wildman–Crippen MR) is 111 cm³/mol. The summed E-state index contributed by atoms with van der Waals surface area (Å²) in [6.45, 7) is 0. The average molecular weight is 398 g/mol. The second-order valence-corrected chi connectivity index (χ2v) is 7.80. The summed E-state index contributed by atoms with van der Waals surface area (Å²) in [5.74, 6) is 0.284. The van der Waals surface area contributed by atoms with E-state index in [-0.39, 0.29) is 24.2 Å². The third kappa shape index (κ3) is 6.13. The molecular weight excluding hydrogens is 376 g/mol. The maximum Gasteiger partial charge on any atom is 0.304 e. The molecule has 0 radical (unpaired) electrons. The molecule has 3 rings (SSSR count). The molecule has 0 spiro atoms. The zero-order valence-electron chi connectivity index (χ0n) is 15.3. The molecule has 2 aromatic rings. The van der Waals surface area contributed by atoms with E-state index in [4.69, 9.17) is 5.11 Å². The third-order valence-corrected chi connectivity index (χ3v) is 5.28. The highest BCUT2D eigenvalue weighted by Crippen LogP contribution is 2.30. The molecule has 1 aliphatic carbocycles. The maximum atomic E-state index is 12.6. The van der Waals surface area contributed by atoms with Gasteiger partial charge in [-0.05, 0) is 48.7 Å².